The van der Waals surface area contributed by atoms with Crippen LogP contribution in [0.2, 0.25) is 5.02 Å². The molecule has 0 aliphatic heterocycles. The molecular formula is C18H21ClN2O7S2. The number of ether oxygens (including phenoxy) is 2. The van der Waals surface area contributed by atoms with Crippen molar-refractivity contribution in [2.75, 3.05) is 34.4 Å². The van der Waals surface area contributed by atoms with E-state index in [0.717, 1.165) is 10.4 Å². The lowest BCUT2D eigenvalue weighted by Gasteiger charge is -2.12. The van der Waals surface area contributed by atoms with E-state index in [-0.39, 0.29) is 33.5 Å². The number of hydrogen-bond acceptors (Lipinski definition) is 7. The first-order valence-electron chi connectivity index (χ1n) is 8.52. The average molecular weight is 477 g/mol. The van der Waals surface area contributed by atoms with Crippen LogP contribution in [-0.2, 0) is 24.8 Å². The highest BCUT2D eigenvalue weighted by atomic mass is 35.5. The lowest BCUT2D eigenvalue weighted by atomic mass is 10.2. The van der Waals surface area contributed by atoms with Crippen molar-refractivity contribution < 1.29 is 31.1 Å². The van der Waals surface area contributed by atoms with Crippen LogP contribution in [0.3, 0.4) is 0 Å². The predicted molar refractivity (Wildman–Crippen MR) is 111 cm³/mol. The van der Waals surface area contributed by atoms with E-state index in [1.807, 2.05) is 0 Å². The standard InChI is InChI=1S/C18H21ClN2O7S2/c1-21(2)30(25,26)15-7-5-14(6-8-15)28-11-10-20-29(23,24)17-12-13(18(22)27-3)4-9-16(17)19/h4-9,12,20H,10-11H2,1-3H3. The maximum atomic E-state index is 12.5. The Balaban J connectivity index is 1.99. The Kier molecular flexibility index (Phi) is 7.83. The first-order valence-corrected chi connectivity index (χ1v) is 11.8. The summed E-state index contributed by atoms with van der Waals surface area (Å²) in [5.41, 5.74) is 0.0475. The largest absolute Gasteiger partial charge is 0.492 e. The molecule has 0 aliphatic carbocycles. The minimum absolute atomic E-state index is 0.0205. The van der Waals surface area contributed by atoms with Gasteiger partial charge in [0.2, 0.25) is 20.0 Å². The summed E-state index contributed by atoms with van der Waals surface area (Å²) in [6, 6.07) is 9.52. The van der Waals surface area contributed by atoms with Gasteiger partial charge in [-0.2, -0.15) is 0 Å². The van der Waals surface area contributed by atoms with Crippen LogP contribution < -0.4 is 9.46 Å². The van der Waals surface area contributed by atoms with Crippen molar-refractivity contribution in [3.8, 4) is 5.75 Å². The summed E-state index contributed by atoms with van der Waals surface area (Å²) in [7, 11) is -3.50. The number of sulfonamides is 2. The summed E-state index contributed by atoms with van der Waals surface area (Å²) in [5, 5.41) is -0.0474. The van der Waals surface area contributed by atoms with Gasteiger partial charge in [-0.15, -0.1) is 0 Å². The molecule has 2 aromatic carbocycles. The number of carbonyl (C=O) groups is 1. The van der Waals surface area contributed by atoms with Gasteiger partial charge < -0.3 is 9.47 Å². The van der Waals surface area contributed by atoms with E-state index in [1.165, 1.54) is 57.6 Å². The molecule has 0 radical (unpaired) electrons. The minimum atomic E-state index is -4.00. The van der Waals surface area contributed by atoms with Crippen molar-refractivity contribution in [3.05, 3.63) is 53.1 Å². The van der Waals surface area contributed by atoms with Gasteiger partial charge in [0.05, 0.1) is 22.6 Å². The molecule has 9 nitrogen and oxygen atoms in total. The van der Waals surface area contributed by atoms with Crippen LogP contribution in [0, 0.1) is 0 Å². The molecule has 0 unspecified atom stereocenters. The van der Waals surface area contributed by atoms with Gasteiger partial charge >= 0.3 is 5.97 Å². The first-order chi connectivity index (χ1) is 14.0. The van der Waals surface area contributed by atoms with Crippen LogP contribution in [-0.4, -0.2) is 61.5 Å². The zero-order valence-electron chi connectivity index (χ0n) is 16.5. The van der Waals surface area contributed by atoms with Crippen LogP contribution >= 0.6 is 11.6 Å². The molecule has 1 N–H and O–H groups in total. The second-order valence-corrected chi connectivity index (χ2v) is 10.4. The third kappa shape index (κ3) is 5.70. The number of nitrogens with zero attached hydrogens (tertiary/aromatic N) is 1. The molecule has 0 bridgehead atoms. The number of halogens is 1. The Hall–Kier alpha value is -2.18. The summed E-state index contributed by atoms with van der Waals surface area (Å²) in [5.74, 6) is -0.316. The first kappa shape index (κ1) is 24.1. The van der Waals surface area contributed by atoms with Crippen molar-refractivity contribution >= 4 is 37.6 Å². The van der Waals surface area contributed by atoms with Gasteiger partial charge in [-0.3, -0.25) is 0 Å². The van der Waals surface area contributed by atoms with Gasteiger partial charge in [-0.25, -0.2) is 30.7 Å². The van der Waals surface area contributed by atoms with E-state index in [1.54, 1.807) is 0 Å². The molecule has 0 saturated carbocycles. The molecule has 0 fully saturated rings. The van der Waals surface area contributed by atoms with E-state index in [0.29, 0.717) is 5.75 Å². The fourth-order valence-corrected chi connectivity index (χ4v) is 4.73. The predicted octanol–water partition coefficient (Wildman–Crippen LogP) is 1.73. The minimum Gasteiger partial charge on any atom is -0.492 e. The maximum Gasteiger partial charge on any atom is 0.337 e. The summed E-state index contributed by atoms with van der Waals surface area (Å²) in [6.07, 6.45) is 0. The highest BCUT2D eigenvalue weighted by molar-refractivity contribution is 7.89. The lowest BCUT2D eigenvalue weighted by Crippen LogP contribution is -2.28. The molecule has 0 atom stereocenters. The molecule has 0 saturated heterocycles. The number of benzene rings is 2. The van der Waals surface area contributed by atoms with Crippen molar-refractivity contribution in [2.24, 2.45) is 0 Å². The van der Waals surface area contributed by atoms with Gasteiger partial charge in [0.25, 0.3) is 0 Å². The number of nitrogens with one attached hydrogen (secondary N) is 1. The van der Waals surface area contributed by atoms with E-state index in [9.17, 15) is 21.6 Å². The summed E-state index contributed by atoms with van der Waals surface area (Å²) < 4.78 is 62.4. The van der Waals surface area contributed by atoms with Crippen LogP contribution in [0.5, 0.6) is 5.75 Å². The average Bonchev–Trinajstić information content (AvgIpc) is 2.71. The fraction of sp³-hybridized carbons (Fsp3) is 0.278. The lowest BCUT2D eigenvalue weighted by molar-refractivity contribution is 0.0600. The van der Waals surface area contributed by atoms with Crippen molar-refractivity contribution in [1.29, 1.82) is 0 Å². The molecule has 0 spiro atoms. The second kappa shape index (κ2) is 9.75. The van der Waals surface area contributed by atoms with Gasteiger partial charge in [0.1, 0.15) is 17.3 Å². The third-order valence-corrected chi connectivity index (χ3v) is 7.68. The van der Waals surface area contributed by atoms with Gasteiger partial charge in [-0.05, 0) is 42.5 Å². The smallest absolute Gasteiger partial charge is 0.337 e. The molecule has 0 amide bonds. The number of rotatable bonds is 9. The van der Waals surface area contributed by atoms with Crippen molar-refractivity contribution in [2.45, 2.75) is 9.79 Å². The monoisotopic (exact) mass is 476 g/mol. The van der Waals surface area contributed by atoms with Gasteiger partial charge in [0, 0.05) is 20.6 Å². The Morgan fingerprint density at radius 3 is 2.27 bits per heavy atom. The van der Waals surface area contributed by atoms with Crippen LogP contribution in [0.15, 0.2) is 52.3 Å². The Morgan fingerprint density at radius 2 is 1.70 bits per heavy atom. The highest BCUT2D eigenvalue weighted by Gasteiger charge is 2.20. The van der Waals surface area contributed by atoms with E-state index in [2.05, 4.69) is 9.46 Å². The highest BCUT2D eigenvalue weighted by Crippen LogP contribution is 2.23. The molecule has 2 rings (SSSR count). The van der Waals surface area contributed by atoms with Crippen LogP contribution in [0.25, 0.3) is 0 Å². The van der Waals surface area contributed by atoms with Crippen LogP contribution in [0.1, 0.15) is 10.4 Å². The zero-order valence-corrected chi connectivity index (χ0v) is 18.8. The Bertz CT molecular complexity index is 1120. The van der Waals surface area contributed by atoms with Gasteiger partial charge in [-0.1, -0.05) is 11.6 Å². The quantitative estimate of drug-likeness (QED) is 0.432. The molecule has 30 heavy (non-hydrogen) atoms. The second-order valence-electron chi connectivity index (χ2n) is 6.14. The van der Waals surface area contributed by atoms with E-state index < -0.39 is 26.0 Å². The third-order valence-electron chi connectivity index (χ3n) is 3.91. The Labute approximate surface area is 180 Å². The van der Waals surface area contributed by atoms with Gasteiger partial charge in [0.15, 0.2) is 0 Å². The molecule has 164 valence electrons. The molecular weight excluding hydrogens is 456 g/mol. The van der Waals surface area contributed by atoms with E-state index in [4.69, 9.17) is 16.3 Å². The number of esters is 1. The normalized spacial score (nSPS) is 12.0. The molecule has 12 heteroatoms. The van der Waals surface area contributed by atoms with Crippen LogP contribution in [0.4, 0.5) is 0 Å². The summed E-state index contributed by atoms with van der Waals surface area (Å²) in [4.78, 5) is 11.5. The number of hydrogen-bond donors (Lipinski definition) is 1. The van der Waals surface area contributed by atoms with Crippen molar-refractivity contribution in [3.63, 3.8) is 0 Å². The topological polar surface area (TPSA) is 119 Å². The summed E-state index contributed by atoms with van der Waals surface area (Å²) in [6.45, 7) is -0.105. The number of carbonyl (C=O) groups excluding carboxylic acids is 1. The van der Waals surface area contributed by atoms with E-state index >= 15 is 0 Å². The molecule has 2 aromatic rings. The van der Waals surface area contributed by atoms with Crippen molar-refractivity contribution in [1.82, 2.24) is 9.03 Å². The Morgan fingerprint density at radius 1 is 1.07 bits per heavy atom. The maximum absolute atomic E-state index is 12.5. The summed E-state index contributed by atoms with van der Waals surface area (Å²) >= 11 is 5.96. The zero-order chi connectivity index (χ0) is 22.5. The number of methoxy groups -OCH3 is 1. The molecule has 0 aromatic heterocycles. The molecule has 0 heterocycles. The molecule has 0 aliphatic rings. The SMILES string of the molecule is COC(=O)c1ccc(Cl)c(S(=O)(=O)NCCOc2ccc(S(=O)(=O)N(C)C)cc2)c1. The fourth-order valence-electron chi connectivity index (χ4n) is 2.30.